The predicted molar refractivity (Wildman–Crippen MR) is 170 cm³/mol. The third-order valence-electron chi connectivity index (χ3n) is 7.94. The van der Waals surface area contributed by atoms with Gasteiger partial charge in [-0.3, -0.25) is 4.79 Å². The van der Waals surface area contributed by atoms with Crippen LogP contribution in [0.15, 0.2) is 89.8 Å². The number of ether oxygens (including phenoxy) is 1. The molecule has 4 aromatic carbocycles. The number of hydrogen-bond donors (Lipinski definition) is 3. The quantitative estimate of drug-likeness (QED) is 0.246. The normalized spacial score (nSPS) is 17.6. The van der Waals surface area contributed by atoms with Gasteiger partial charge in [-0.1, -0.05) is 61.5 Å². The fraction of sp³-hybridized carbons (Fsp3) is 0.273. The van der Waals surface area contributed by atoms with Crippen molar-refractivity contribution in [1.82, 2.24) is 9.21 Å². The molecule has 1 heterocycles. The van der Waals surface area contributed by atoms with Gasteiger partial charge in [0, 0.05) is 24.9 Å². The van der Waals surface area contributed by atoms with Crippen LogP contribution >= 0.6 is 0 Å². The Kier molecular flexibility index (Phi) is 9.37. The van der Waals surface area contributed by atoms with E-state index in [4.69, 9.17) is 4.74 Å². The molecular weight excluding hydrogens is 599 g/mol. The van der Waals surface area contributed by atoms with Crippen molar-refractivity contribution in [1.29, 1.82) is 0 Å². The predicted octanol–water partition coefficient (Wildman–Crippen LogP) is 5.16. The molecule has 0 bridgehead atoms. The molecule has 236 valence electrons. The molecule has 5 rings (SSSR count). The van der Waals surface area contributed by atoms with Crippen LogP contribution in [0.5, 0.6) is 5.75 Å². The van der Waals surface area contributed by atoms with E-state index in [1.54, 1.807) is 38.1 Å². The van der Waals surface area contributed by atoms with Gasteiger partial charge in [-0.2, -0.15) is 4.31 Å². The van der Waals surface area contributed by atoms with E-state index in [2.05, 4.69) is 10.6 Å². The van der Waals surface area contributed by atoms with E-state index in [1.165, 1.54) is 30.1 Å². The Morgan fingerprint density at radius 3 is 2.42 bits per heavy atom. The number of fused-ring (bicyclic) bond motifs is 2. The van der Waals surface area contributed by atoms with Gasteiger partial charge in [-0.15, -0.1) is 0 Å². The molecule has 1 aliphatic rings. The van der Waals surface area contributed by atoms with Crippen LogP contribution in [0.1, 0.15) is 24.2 Å². The number of halogens is 1. The van der Waals surface area contributed by atoms with E-state index < -0.39 is 50.7 Å². The maximum Gasteiger partial charge on any atom is 0.323 e. The van der Waals surface area contributed by atoms with Crippen LogP contribution in [0.25, 0.3) is 10.8 Å². The Morgan fingerprint density at radius 2 is 1.67 bits per heavy atom. The number of amides is 3. The van der Waals surface area contributed by atoms with Crippen LogP contribution in [0, 0.1) is 11.7 Å². The van der Waals surface area contributed by atoms with Gasteiger partial charge < -0.3 is 25.4 Å². The Balaban J connectivity index is 1.49. The van der Waals surface area contributed by atoms with Crippen LogP contribution in [0.4, 0.5) is 20.6 Å². The van der Waals surface area contributed by atoms with Gasteiger partial charge in [0.1, 0.15) is 16.8 Å². The van der Waals surface area contributed by atoms with Gasteiger partial charge in [0.25, 0.3) is 5.91 Å². The maximum atomic E-state index is 14.5. The van der Waals surface area contributed by atoms with Gasteiger partial charge in [0.05, 0.1) is 36.1 Å². The maximum absolute atomic E-state index is 14.5. The molecule has 45 heavy (non-hydrogen) atoms. The molecule has 4 aromatic rings. The van der Waals surface area contributed by atoms with Crippen LogP contribution in [-0.4, -0.2) is 73.6 Å². The van der Waals surface area contributed by atoms with Crippen molar-refractivity contribution in [3.63, 3.8) is 0 Å². The third-order valence-corrected chi connectivity index (χ3v) is 9.80. The number of hydrogen-bond acceptors (Lipinski definition) is 6. The highest BCUT2D eigenvalue weighted by Gasteiger charge is 2.36. The number of sulfonamides is 1. The molecule has 3 atom stereocenters. The summed E-state index contributed by atoms with van der Waals surface area (Å²) in [5.74, 6) is -1.67. The average molecular weight is 635 g/mol. The van der Waals surface area contributed by atoms with Crippen LogP contribution in [-0.2, 0) is 10.0 Å². The Morgan fingerprint density at radius 1 is 1.02 bits per heavy atom. The van der Waals surface area contributed by atoms with Crippen molar-refractivity contribution in [2.24, 2.45) is 5.92 Å². The Hall–Kier alpha value is -4.52. The number of benzene rings is 4. The number of nitrogens with zero attached hydrogens (tertiary/aromatic N) is 2. The summed E-state index contributed by atoms with van der Waals surface area (Å²) in [4.78, 5) is 28.1. The first-order valence-electron chi connectivity index (χ1n) is 14.5. The number of urea groups is 1. The molecule has 0 saturated carbocycles. The third kappa shape index (κ3) is 6.63. The highest BCUT2D eigenvalue weighted by atomic mass is 32.2. The molecule has 0 spiro atoms. The second-order valence-electron chi connectivity index (χ2n) is 11.1. The van der Waals surface area contributed by atoms with Crippen molar-refractivity contribution in [3.05, 3.63) is 96.3 Å². The van der Waals surface area contributed by atoms with E-state index in [-0.39, 0.29) is 36.7 Å². The number of likely N-dealkylation sites (N-methyl/N-ethyl adjacent to an activating group) is 1. The number of nitrogens with one attached hydrogen (secondary N) is 2. The fourth-order valence-corrected chi connectivity index (χ4v) is 6.59. The van der Waals surface area contributed by atoms with Gasteiger partial charge in [-0.05, 0) is 42.6 Å². The fourth-order valence-electron chi connectivity index (χ4n) is 5.34. The van der Waals surface area contributed by atoms with E-state index in [0.29, 0.717) is 5.69 Å². The molecule has 3 N–H and O–H groups in total. The molecular formula is C33H35FN4O6S. The molecule has 0 aromatic heterocycles. The minimum Gasteiger partial charge on any atom is -0.486 e. The molecule has 10 nitrogen and oxygen atoms in total. The lowest BCUT2D eigenvalue weighted by Gasteiger charge is -2.38. The molecule has 0 radical (unpaired) electrons. The second kappa shape index (κ2) is 13.2. The van der Waals surface area contributed by atoms with Crippen molar-refractivity contribution >= 4 is 44.1 Å². The van der Waals surface area contributed by atoms with Crippen LogP contribution in [0.3, 0.4) is 0 Å². The number of para-hydroxylation sites is 1. The highest BCUT2D eigenvalue weighted by Crippen LogP contribution is 2.35. The number of aliphatic hydroxyl groups is 1. The minimum absolute atomic E-state index is 0.0546. The van der Waals surface area contributed by atoms with Crippen LogP contribution in [0.2, 0.25) is 0 Å². The Labute approximate surface area is 261 Å². The molecule has 1 aliphatic heterocycles. The topological polar surface area (TPSA) is 128 Å². The van der Waals surface area contributed by atoms with Gasteiger partial charge in [-0.25, -0.2) is 17.6 Å². The lowest BCUT2D eigenvalue weighted by atomic mass is 9.99. The van der Waals surface area contributed by atoms with Crippen LogP contribution < -0.4 is 15.4 Å². The number of rotatable bonds is 8. The largest absolute Gasteiger partial charge is 0.486 e. The molecule has 0 aliphatic carbocycles. The number of aliphatic hydroxyl groups excluding tert-OH is 1. The molecule has 0 fully saturated rings. The Bertz CT molecular complexity index is 1830. The standard InChI is InChI=1S/C33H35FN4O6S/c1-21-18-38(22(2)20-39)32(40)25-13-9-16-28(36-33(41)35-27-15-8-11-23-10-4-5-12-24(23)27)31(25)44-29(21)19-37(3)45(42,43)30-17-7-6-14-26(30)34/h4-17,21-22,29,39H,18-20H2,1-3H3,(H2,35,36,41). The minimum atomic E-state index is -4.24. The highest BCUT2D eigenvalue weighted by molar-refractivity contribution is 7.89. The van der Waals surface area contributed by atoms with Crippen molar-refractivity contribution in [2.75, 3.05) is 37.4 Å². The molecule has 0 saturated heterocycles. The summed E-state index contributed by atoms with van der Waals surface area (Å²) in [6, 6.07) is 21.8. The van der Waals surface area contributed by atoms with E-state index in [9.17, 15) is 27.5 Å². The average Bonchev–Trinajstić information content (AvgIpc) is 3.02. The summed E-state index contributed by atoms with van der Waals surface area (Å²) in [6.45, 7) is 3.16. The number of carbonyl (C=O) groups excluding carboxylic acids is 2. The van der Waals surface area contributed by atoms with Crippen molar-refractivity contribution in [3.8, 4) is 5.75 Å². The van der Waals surface area contributed by atoms with E-state index in [0.717, 1.165) is 21.1 Å². The summed E-state index contributed by atoms with van der Waals surface area (Å²) in [5.41, 5.74) is 0.902. The second-order valence-corrected chi connectivity index (χ2v) is 13.1. The lowest BCUT2D eigenvalue weighted by molar-refractivity contribution is 0.0389. The summed E-state index contributed by atoms with van der Waals surface area (Å²) < 4.78 is 48.6. The summed E-state index contributed by atoms with van der Waals surface area (Å²) in [6.07, 6.45) is -0.833. The number of anilines is 2. The SMILES string of the molecule is CC1CN(C(C)CO)C(=O)c2cccc(NC(=O)Nc3cccc4ccccc34)c2OC1CN(C)S(=O)(=O)c1ccccc1F. The monoisotopic (exact) mass is 634 g/mol. The van der Waals surface area contributed by atoms with E-state index >= 15 is 0 Å². The first-order chi connectivity index (χ1) is 21.5. The summed E-state index contributed by atoms with van der Waals surface area (Å²) in [5, 5.41) is 17.4. The van der Waals surface area contributed by atoms with Gasteiger partial charge in [0.2, 0.25) is 10.0 Å². The smallest absolute Gasteiger partial charge is 0.323 e. The van der Waals surface area contributed by atoms with E-state index in [1.807, 2.05) is 36.4 Å². The first kappa shape index (κ1) is 31.9. The zero-order chi connectivity index (χ0) is 32.3. The van der Waals surface area contributed by atoms with Crippen molar-refractivity contribution in [2.45, 2.75) is 30.9 Å². The molecule has 3 amide bonds. The lowest BCUT2D eigenvalue weighted by Crippen LogP contribution is -2.50. The van der Waals surface area contributed by atoms with Gasteiger partial charge >= 0.3 is 6.03 Å². The summed E-state index contributed by atoms with van der Waals surface area (Å²) >= 11 is 0. The summed E-state index contributed by atoms with van der Waals surface area (Å²) in [7, 11) is -2.91. The molecule has 3 unspecified atom stereocenters. The number of carbonyl (C=O) groups is 2. The van der Waals surface area contributed by atoms with Crippen molar-refractivity contribution < 1.29 is 32.2 Å². The zero-order valence-electron chi connectivity index (χ0n) is 25.1. The first-order valence-corrected chi connectivity index (χ1v) is 15.9. The molecule has 12 heteroatoms. The zero-order valence-corrected chi connectivity index (χ0v) is 25.9. The van der Waals surface area contributed by atoms with Gasteiger partial charge in [0.15, 0.2) is 5.75 Å².